The molecule has 3 aromatic carbocycles. The van der Waals surface area contributed by atoms with E-state index in [1.165, 1.54) is 35.4 Å². The molecular weight excluding hydrogens is 350 g/mol. The first-order chi connectivity index (χ1) is 13.1. The predicted molar refractivity (Wildman–Crippen MR) is 98.8 cm³/mol. The minimum atomic E-state index is -2.87. The average Bonchev–Trinajstić information content (AvgIpc) is 3.04. The molecule has 0 saturated carbocycles. The van der Waals surface area contributed by atoms with E-state index < -0.39 is 6.61 Å². The van der Waals surface area contributed by atoms with Gasteiger partial charge in [-0.05, 0) is 65.1 Å². The van der Waals surface area contributed by atoms with Crippen LogP contribution in [0.4, 0.5) is 14.5 Å². The number of rotatable bonds is 5. The molecule has 6 heteroatoms. The van der Waals surface area contributed by atoms with E-state index in [0.29, 0.717) is 11.3 Å². The molecule has 0 heterocycles. The Hall–Kier alpha value is -3.41. The molecular formula is C21H16F2N2O2. The number of fused-ring (bicyclic) bond motifs is 3. The minimum absolute atomic E-state index is 0.0556. The highest BCUT2D eigenvalue weighted by molar-refractivity contribution is 5.96. The summed E-state index contributed by atoms with van der Waals surface area (Å²) in [5.41, 5.74) is 11.2. The van der Waals surface area contributed by atoms with Gasteiger partial charge in [-0.15, -0.1) is 0 Å². The van der Waals surface area contributed by atoms with Crippen molar-refractivity contribution in [3.63, 3.8) is 0 Å². The van der Waals surface area contributed by atoms with E-state index >= 15 is 0 Å². The molecule has 0 unspecified atom stereocenters. The maximum atomic E-state index is 12.4. The number of hydrogen-bond donors (Lipinski definition) is 2. The summed E-state index contributed by atoms with van der Waals surface area (Å²) in [4.78, 5) is 12.4. The molecule has 2 N–H and O–H groups in total. The minimum Gasteiger partial charge on any atom is -0.435 e. The number of nitrogens with one attached hydrogen (secondary N) is 2. The second-order valence-electron chi connectivity index (χ2n) is 6.19. The molecule has 0 atom stereocenters. The number of carbonyl (C=O) groups excluding carboxylic acids is 1. The summed E-state index contributed by atoms with van der Waals surface area (Å²) in [5, 5.41) is 0. The fourth-order valence-electron chi connectivity index (χ4n) is 3.21. The zero-order valence-electron chi connectivity index (χ0n) is 14.2. The molecule has 1 aliphatic rings. The van der Waals surface area contributed by atoms with E-state index in [4.69, 9.17) is 0 Å². The third-order valence-corrected chi connectivity index (χ3v) is 4.46. The van der Waals surface area contributed by atoms with Crippen LogP contribution in [0.5, 0.6) is 5.75 Å². The van der Waals surface area contributed by atoms with Gasteiger partial charge < -0.3 is 4.74 Å². The quantitative estimate of drug-likeness (QED) is 0.507. The van der Waals surface area contributed by atoms with Crippen LogP contribution < -0.4 is 15.6 Å². The summed E-state index contributed by atoms with van der Waals surface area (Å²) in [7, 11) is 0. The number of ether oxygens (including phenoxy) is 1. The number of carbonyl (C=O) groups is 1. The van der Waals surface area contributed by atoms with Crippen LogP contribution in [0.15, 0.2) is 66.7 Å². The molecule has 0 radical (unpaired) electrons. The summed E-state index contributed by atoms with van der Waals surface area (Å²) in [6.07, 6.45) is 0.811. The molecule has 27 heavy (non-hydrogen) atoms. The Morgan fingerprint density at radius 2 is 1.67 bits per heavy atom. The Balaban J connectivity index is 1.41. The third kappa shape index (κ3) is 3.60. The fourth-order valence-corrected chi connectivity index (χ4v) is 3.21. The van der Waals surface area contributed by atoms with Crippen molar-refractivity contribution in [1.29, 1.82) is 0 Å². The summed E-state index contributed by atoms with van der Waals surface area (Å²) in [5.74, 6) is -0.221. The standard InChI is InChI=1S/C21H16F2N2O2/c22-21(23)27-17-8-6-16(7-9-17)24-25-20(26)14-5-10-19-15(12-14)11-13-3-1-2-4-18(13)19/h1-10,12,21,24H,11H2,(H,25,26). The second-order valence-corrected chi connectivity index (χ2v) is 6.19. The topological polar surface area (TPSA) is 50.4 Å². The number of hydrogen-bond acceptors (Lipinski definition) is 3. The van der Waals surface area contributed by atoms with Gasteiger partial charge in [-0.3, -0.25) is 15.6 Å². The monoisotopic (exact) mass is 366 g/mol. The molecule has 0 aliphatic heterocycles. The largest absolute Gasteiger partial charge is 0.435 e. The number of alkyl halides is 2. The molecule has 4 nitrogen and oxygen atoms in total. The number of hydrazine groups is 1. The van der Waals surface area contributed by atoms with Gasteiger partial charge >= 0.3 is 6.61 Å². The van der Waals surface area contributed by atoms with Crippen LogP contribution in [0.3, 0.4) is 0 Å². The van der Waals surface area contributed by atoms with Crippen molar-refractivity contribution in [3.05, 3.63) is 83.4 Å². The lowest BCUT2D eigenvalue weighted by Gasteiger charge is -2.10. The maximum Gasteiger partial charge on any atom is 0.387 e. The van der Waals surface area contributed by atoms with Crippen LogP contribution in [0, 0.1) is 0 Å². The van der Waals surface area contributed by atoms with E-state index in [9.17, 15) is 13.6 Å². The first-order valence-corrected chi connectivity index (χ1v) is 8.42. The number of halogens is 2. The van der Waals surface area contributed by atoms with E-state index in [1.54, 1.807) is 6.07 Å². The van der Waals surface area contributed by atoms with Crippen LogP contribution in [-0.4, -0.2) is 12.5 Å². The van der Waals surface area contributed by atoms with Gasteiger partial charge in [0, 0.05) is 5.56 Å². The molecule has 0 spiro atoms. The summed E-state index contributed by atoms with van der Waals surface area (Å²) in [6, 6.07) is 19.7. The molecule has 136 valence electrons. The number of benzene rings is 3. The van der Waals surface area contributed by atoms with Crippen LogP contribution in [-0.2, 0) is 6.42 Å². The Kier molecular flexibility index (Phi) is 4.46. The molecule has 0 saturated heterocycles. The van der Waals surface area contributed by atoms with Crippen LogP contribution in [0.1, 0.15) is 21.5 Å². The number of anilines is 1. The van der Waals surface area contributed by atoms with Crippen molar-refractivity contribution >= 4 is 11.6 Å². The van der Waals surface area contributed by atoms with E-state index in [2.05, 4.69) is 27.7 Å². The van der Waals surface area contributed by atoms with Gasteiger partial charge in [-0.25, -0.2) is 0 Å². The Morgan fingerprint density at radius 1 is 0.926 bits per heavy atom. The SMILES string of the molecule is O=C(NNc1ccc(OC(F)F)cc1)c1ccc2c(c1)Cc1ccccc1-2. The highest BCUT2D eigenvalue weighted by Crippen LogP contribution is 2.36. The molecule has 1 aliphatic carbocycles. The van der Waals surface area contributed by atoms with Crippen molar-refractivity contribution in [2.75, 3.05) is 5.43 Å². The third-order valence-electron chi connectivity index (χ3n) is 4.46. The highest BCUT2D eigenvalue weighted by atomic mass is 19.3. The lowest BCUT2D eigenvalue weighted by molar-refractivity contribution is -0.0498. The van der Waals surface area contributed by atoms with Gasteiger partial charge in [0.05, 0.1) is 5.69 Å². The molecule has 0 bridgehead atoms. The Labute approximate surface area is 154 Å². The van der Waals surface area contributed by atoms with Gasteiger partial charge in [0.25, 0.3) is 5.91 Å². The van der Waals surface area contributed by atoms with E-state index in [0.717, 1.165) is 17.5 Å². The van der Waals surface area contributed by atoms with Gasteiger partial charge in [0.2, 0.25) is 0 Å². The average molecular weight is 366 g/mol. The summed E-state index contributed by atoms with van der Waals surface area (Å²) in [6.45, 7) is -2.87. The molecule has 1 amide bonds. The Bertz CT molecular complexity index is 988. The van der Waals surface area contributed by atoms with Gasteiger partial charge in [0.1, 0.15) is 5.75 Å². The Morgan fingerprint density at radius 3 is 2.44 bits per heavy atom. The normalized spacial score (nSPS) is 11.7. The van der Waals surface area contributed by atoms with Gasteiger partial charge in [-0.2, -0.15) is 8.78 Å². The molecule has 0 aromatic heterocycles. The molecule has 3 aromatic rings. The second kappa shape index (κ2) is 7.07. The lowest BCUT2D eigenvalue weighted by atomic mass is 10.0. The molecule has 4 rings (SSSR count). The first-order valence-electron chi connectivity index (χ1n) is 8.42. The summed E-state index contributed by atoms with van der Waals surface area (Å²) >= 11 is 0. The zero-order valence-corrected chi connectivity index (χ0v) is 14.2. The van der Waals surface area contributed by atoms with Crippen molar-refractivity contribution in [3.8, 4) is 16.9 Å². The maximum absolute atomic E-state index is 12.4. The van der Waals surface area contributed by atoms with Crippen LogP contribution in [0.25, 0.3) is 11.1 Å². The van der Waals surface area contributed by atoms with E-state index in [-0.39, 0.29) is 11.7 Å². The number of amides is 1. The van der Waals surface area contributed by atoms with Gasteiger partial charge in [0.15, 0.2) is 0 Å². The smallest absolute Gasteiger partial charge is 0.387 e. The fraction of sp³-hybridized carbons (Fsp3) is 0.0952. The predicted octanol–water partition coefficient (Wildman–Crippen LogP) is 4.62. The highest BCUT2D eigenvalue weighted by Gasteiger charge is 2.19. The van der Waals surface area contributed by atoms with Crippen LogP contribution >= 0.6 is 0 Å². The first kappa shape index (κ1) is 17.0. The lowest BCUT2D eigenvalue weighted by Crippen LogP contribution is -2.29. The van der Waals surface area contributed by atoms with Crippen molar-refractivity contribution in [1.82, 2.24) is 5.43 Å². The van der Waals surface area contributed by atoms with Gasteiger partial charge in [-0.1, -0.05) is 30.3 Å². The van der Waals surface area contributed by atoms with Crippen molar-refractivity contribution in [2.45, 2.75) is 13.0 Å². The zero-order chi connectivity index (χ0) is 18.8. The van der Waals surface area contributed by atoms with Crippen molar-refractivity contribution < 1.29 is 18.3 Å². The van der Waals surface area contributed by atoms with Crippen molar-refractivity contribution in [2.24, 2.45) is 0 Å². The van der Waals surface area contributed by atoms with Crippen LogP contribution in [0.2, 0.25) is 0 Å². The van der Waals surface area contributed by atoms with E-state index in [1.807, 2.05) is 24.3 Å². The molecule has 0 fully saturated rings. The summed E-state index contributed by atoms with van der Waals surface area (Å²) < 4.78 is 28.6.